The molecule has 0 spiro atoms. The topological polar surface area (TPSA) is 104 Å². The number of hydrogen-bond acceptors (Lipinski definition) is 5. The third-order valence-corrected chi connectivity index (χ3v) is 3.20. The molecule has 7 nitrogen and oxygen atoms in total. The number of nitro benzene ring substituents is 1. The molecule has 0 aliphatic heterocycles. The number of anilines is 2. The van der Waals surface area contributed by atoms with Crippen LogP contribution in [0.25, 0.3) is 0 Å². The molecular formula is C15H13F4N5O2. The van der Waals surface area contributed by atoms with Crippen LogP contribution in [-0.4, -0.2) is 28.5 Å². The Balaban J connectivity index is 2.33. The smallest absolute Gasteiger partial charge is 0.376 e. The number of benzene rings is 1. The predicted molar refractivity (Wildman–Crippen MR) is 87.0 cm³/mol. The highest BCUT2D eigenvalue weighted by molar-refractivity contribution is 6.10. The van der Waals surface area contributed by atoms with E-state index in [2.05, 4.69) is 15.6 Å². The standard InChI is InChI=1S/C15H13F4N5O2/c1-8-4-11(22-7-15(17,18)19)10(6-21-8)14(20)23-12-5-9(16)2-3-13(12)24(25)26/h2-6H,7H2,1H3,(H2,20,23)(H,21,22). The highest BCUT2D eigenvalue weighted by atomic mass is 19.4. The molecule has 0 saturated carbocycles. The van der Waals surface area contributed by atoms with Crippen molar-refractivity contribution in [2.45, 2.75) is 13.1 Å². The first-order valence-corrected chi connectivity index (χ1v) is 7.14. The van der Waals surface area contributed by atoms with Gasteiger partial charge in [-0.3, -0.25) is 20.5 Å². The summed E-state index contributed by atoms with van der Waals surface area (Å²) in [7, 11) is 0. The Kier molecular flexibility index (Phi) is 5.38. The second kappa shape index (κ2) is 7.33. The van der Waals surface area contributed by atoms with E-state index in [1.807, 2.05) is 0 Å². The fraction of sp³-hybridized carbons (Fsp3) is 0.200. The van der Waals surface area contributed by atoms with Crippen LogP contribution in [0, 0.1) is 28.3 Å². The molecule has 1 heterocycles. The van der Waals surface area contributed by atoms with Gasteiger partial charge in [0.2, 0.25) is 0 Å². The summed E-state index contributed by atoms with van der Waals surface area (Å²) in [5.41, 5.74) is -0.476. The van der Waals surface area contributed by atoms with Gasteiger partial charge in [-0.25, -0.2) is 4.39 Å². The Hall–Kier alpha value is -3.24. The van der Waals surface area contributed by atoms with Crippen molar-refractivity contribution in [1.29, 1.82) is 5.41 Å². The molecule has 11 heteroatoms. The van der Waals surface area contributed by atoms with Crippen LogP contribution in [0.2, 0.25) is 0 Å². The van der Waals surface area contributed by atoms with Gasteiger partial charge in [-0.2, -0.15) is 13.2 Å². The van der Waals surface area contributed by atoms with Crippen molar-refractivity contribution >= 4 is 22.9 Å². The van der Waals surface area contributed by atoms with E-state index in [1.165, 1.54) is 6.07 Å². The molecule has 2 aromatic rings. The van der Waals surface area contributed by atoms with Gasteiger partial charge in [-0.1, -0.05) is 0 Å². The van der Waals surface area contributed by atoms with Crippen LogP contribution in [-0.2, 0) is 0 Å². The summed E-state index contributed by atoms with van der Waals surface area (Å²) < 4.78 is 50.7. The number of aryl methyl sites for hydroxylation is 1. The summed E-state index contributed by atoms with van der Waals surface area (Å²) in [5, 5.41) is 23.5. The van der Waals surface area contributed by atoms with Crippen LogP contribution in [0.3, 0.4) is 0 Å². The molecule has 0 fully saturated rings. The molecule has 0 saturated heterocycles. The van der Waals surface area contributed by atoms with Crippen molar-refractivity contribution in [3.63, 3.8) is 0 Å². The van der Waals surface area contributed by atoms with E-state index in [9.17, 15) is 27.7 Å². The van der Waals surface area contributed by atoms with Gasteiger partial charge in [0.05, 0.1) is 10.5 Å². The van der Waals surface area contributed by atoms with Crippen molar-refractivity contribution < 1.29 is 22.5 Å². The number of alkyl halides is 3. The summed E-state index contributed by atoms with van der Waals surface area (Å²) in [6.45, 7) is 0.216. The predicted octanol–water partition coefficient (Wildman–Crippen LogP) is 3.85. The Morgan fingerprint density at radius 1 is 1.31 bits per heavy atom. The van der Waals surface area contributed by atoms with E-state index in [-0.39, 0.29) is 16.9 Å². The Morgan fingerprint density at radius 3 is 2.62 bits per heavy atom. The van der Waals surface area contributed by atoms with Crippen LogP contribution in [0.4, 0.5) is 34.6 Å². The molecule has 138 valence electrons. The maximum atomic E-state index is 13.4. The zero-order valence-corrected chi connectivity index (χ0v) is 13.3. The number of pyridine rings is 1. The van der Waals surface area contributed by atoms with Crippen LogP contribution in [0.5, 0.6) is 0 Å². The Labute approximate surface area is 144 Å². The molecule has 1 aromatic carbocycles. The average Bonchev–Trinajstić information content (AvgIpc) is 2.52. The van der Waals surface area contributed by atoms with Gasteiger partial charge in [0, 0.05) is 29.7 Å². The van der Waals surface area contributed by atoms with Gasteiger partial charge < -0.3 is 10.6 Å². The molecule has 26 heavy (non-hydrogen) atoms. The summed E-state index contributed by atoms with van der Waals surface area (Å²) >= 11 is 0. The molecule has 2 rings (SSSR count). The molecule has 3 N–H and O–H groups in total. The van der Waals surface area contributed by atoms with E-state index >= 15 is 0 Å². The van der Waals surface area contributed by atoms with E-state index < -0.39 is 35.0 Å². The fourth-order valence-electron chi connectivity index (χ4n) is 2.07. The molecule has 0 bridgehead atoms. The zero-order valence-electron chi connectivity index (χ0n) is 13.3. The molecule has 0 aliphatic carbocycles. The Bertz CT molecular complexity index is 854. The quantitative estimate of drug-likeness (QED) is 0.243. The summed E-state index contributed by atoms with van der Waals surface area (Å²) in [6.07, 6.45) is -3.33. The van der Waals surface area contributed by atoms with E-state index in [4.69, 9.17) is 5.41 Å². The first kappa shape index (κ1) is 19.1. The van der Waals surface area contributed by atoms with Gasteiger partial charge in [-0.05, 0) is 19.1 Å². The third kappa shape index (κ3) is 4.88. The number of hydrogen-bond donors (Lipinski definition) is 3. The Morgan fingerprint density at radius 2 is 2.00 bits per heavy atom. The number of nitrogens with zero attached hydrogens (tertiary/aromatic N) is 2. The van der Waals surface area contributed by atoms with Crippen molar-refractivity contribution in [3.8, 4) is 0 Å². The summed E-state index contributed by atoms with van der Waals surface area (Å²) in [5.74, 6) is -1.25. The highest BCUT2D eigenvalue weighted by Gasteiger charge is 2.27. The van der Waals surface area contributed by atoms with Crippen LogP contribution < -0.4 is 10.6 Å². The van der Waals surface area contributed by atoms with E-state index in [1.54, 1.807) is 6.92 Å². The minimum absolute atomic E-state index is 0.0358. The lowest BCUT2D eigenvalue weighted by Crippen LogP contribution is -2.23. The molecule has 0 amide bonds. The number of halogens is 4. The minimum Gasteiger partial charge on any atom is -0.376 e. The van der Waals surface area contributed by atoms with E-state index in [0.717, 1.165) is 24.4 Å². The molecule has 0 unspecified atom stereocenters. The van der Waals surface area contributed by atoms with Crippen LogP contribution in [0.1, 0.15) is 11.3 Å². The highest BCUT2D eigenvalue weighted by Crippen LogP contribution is 2.27. The van der Waals surface area contributed by atoms with E-state index in [0.29, 0.717) is 5.69 Å². The first-order valence-electron chi connectivity index (χ1n) is 7.14. The second-order valence-corrected chi connectivity index (χ2v) is 5.26. The molecular weight excluding hydrogens is 358 g/mol. The monoisotopic (exact) mass is 371 g/mol. The average molecular weight is 371 g/mol. The largest absolute Gasteiger partial charge is 0.405 e. The first-order chi connectivity index (χ1) is 12.1. The SMILES string of the molecule is Cc1cc(NCC(F)(F)F)c(C(=N)Nc2cc(F)ccc2[N+](=O)[O-])cn1. The number of amidine groups is 1. The lowest BCUT2D eigenvalue weighted by Gasteiger charge is -2.15. The molecule has 1 aromatic heterocycles. The lowest BCUT2D eigenvalue weighted by molar-refractivity contribution is -0.383. The molecule has 0 radical (unpaired) electrons. The maximum absolute atomic E-state index is 13.4. The second-order valence-electron chi connectivity index (χ2n) is 5.26. The van der Waals surface area contributed by atoms with Gasteiger partial charge in [-0.15, -0.1) is 0 Å². The van der Waals surface area contributed by atoms with Crippen LogP contribution >= 0.6 is 0 Å². The fourth-order valence-corrected chi connectivity index (χ4v) is 2.07. The minimum atomic E-state index is -4.48. The van der Waals surface area contributed by atoms with Gasteiger partial charge in [0.15, 0.2) is 0 Å². The van der Waals surface area contributed by atoms with Crippen molar-refractivity contribution in [2.24, 2.45) is 0 Å². The zero-order chi connectivity index (χ0) is 19.5. The van der Waals surface area contributed by atoms with Crippen LogP contribution in [0.15, 0.2) is 30.5 Å². The van der Waals surface area contributed by atoms with Crippen molar-refractivity contribution in [2.75, 3.05) is 17.2 Å². The number of nitro groups is 1. The summed E-state index contributed by atoms with van der Waals surface area (Å²) in [6, 6.07) is 3.92. The lowest BCUT2D eigenvalue weighted by atomic mass is 10.1. The molecule has 0 atom stereocenters. The number of rotatable bonds is 5. The number of nitrogens with one attached hydrogen (secondary N) is 3. The summed E-state index contributed by atoms with van der Waals surface area (Å²) in [4.78, 5) is 14.1. The van der Waals surface area contributed by atoms with Gasteiger partial charge in [0.1, 0.15) is 23.9 Å². The van der Waals surface area contributed by atoms with Crippen molar-refractivity contribution in [3.05, 3.63) is 57.7 Å². The van der Waals surface area contributed by atoms with Crippen molar-refractivity contribution in [1.82, 2.24) is 4.98 Å². The number of aromatic nitrogens is 1. The third-order valence-electron chi connectivity index (χ3n) is 3.20. The normalized spacial score (nSPS) is 11.1. The molecule has 0 aliphatic rings. The maximum Gasteiger partial charge on any atom is 0.405 e. The van der Waals surface area contributed by atoms with Gasteiger partial charge in [0.25, 0.3) is 5.69 Å². The van der Waals surface area contributed by atoms with Gasteiger partial charge >= 0.3 is 6.18 Å².